The molecular formula is C14H14N2OS3. The standard InChI is InChI=1S/C14H14N2OS3/c17-13(12-9-18-6-7-19-12)16-14-15-11(8-20-14)10-4-2-1-3-5-10/h1-5,8,12H,6-7,9H2,(H,15,16,17). The Bertz CT molecular complexity index is 579. The van der Waals surface area contributed by atoms with Crippen LogP contribution in [0.2, 0.25) is 0 Å². The van der Waals surface area contributed by atoms with Crippen molar-refractivity contribution in [1.29, 1.82) is 0 Å². The molecular weight excluding hydrogens is 308 g/mol. The Kier molecular flexibility index (Phi) is 4.65. The van der Waals surface area contributed by atoms with Crippen molar-refractivity contribution in [2.75, 3.05) is 22.6 Å². The average Bonchev–Trinajstić information content (AvgIpc) is 2.97. The Labute approximate surface area is 130 Å². The van der Waals surface area contributed by atoms with Crippen molar-refractivity contribution < 1.29 is 4.79 Å². The lowest BCUT2D eigenvalue weighted by atomic mass is 10.2. The Morgan fingerprint density at radius 3 is 2.85 bits per heavy atom. The molecule has 0 radical (unpaired) electrons. The summed E-state index contributed by atoms with van der Waals surface area (Å²) in [7, 11) is 0. The predicted octanol–water partition coefficient (Wildman–Crippen LogP) is 3.60. The first kappa shape index (κ1) is 14.0. The molecule has 1 fully saturated rings. The maximum absolute atomic E-state index is 12.1. The molecule has 1 N–H and O–H groups in total. The number of benzene rings is 1. The summed E-state index contributed by atoms with van der Waals surface area (Å²) in [4.78, 5) is 16.6. The molecule has 1 unspecified atom stereocenters. The number of carbonyl (C=O) groups is 1. The van der Waals surface area contributed by atoms with Crippen molar-refractivity contribution in [3.63, 3.8) is 0 Å². The van der Waals surface area contributed by atoms with Gasteiger partial charge in [-0.2, -0.15) is 11.8 Å². The third-order valence-electron chi connectivity index (χ3n) is 2.91. The zero-order chi connectivity index (χ0) is 13.8. The second-order valence-electron chi connectivity index (χ2n) is 4.33. The molecule has 1 aromatic carbocycles. The topological polar surface area (TPSA) is 42.0 Å². The fraction of sp³-hybridized carbons (Fsp3) is 0.286. The largest absolute Gasteiger partial charge is 0.301 e. The van der Waals surface area contributed by atoms with Crippen LogP contribution in [0.3, 0.4) is 0 Å². The molecule has 0 saturated carbocycles. The maximum atomic E-state index is 12.1. The van der Waals surface area contributed by atoms with Gasteiger partial charge in [-0.05, 0) is 0 Å². The van der Waals surface area contributed by atoms with Crippen LogP contribution in [0, 0.1) is 0 Å². The molecule has 1 saturated heterocycles. The number of amides is 1. The first-order valence-electron chi connectivity index (χ1n) is 6.34. The van der Waals surface area contributed by atoms with Gasteiger partial charge in [-0.25, -0.2) is 4.98 Å². The van der Waals surface area contributed by atoms with E-state index in [0.29, 0.717) is 5.13 Å². The van der Waals surface area contributed by atoms with E-state index in [9.17, 15) is 4.79 Å². The van der Waals surface area contributed by atoms with Crippen LogP contribution < -0.4 is 5.32 Å². The van der Waals surface area contributed by atoms with E-state index in [2.05, 4.69) is 10.3 Å². The fourth-order valence-electron chi connectivity index (χ4n) is 1.90. The van der Waals surface area contributed by atoms with Crippen molar-refractivity contribution >= 4 is 45.9 Å². The van der Waals surface area contributed by atoms with Gasteiger partial charge in [0.25, 0.3) is 0 Å². The number of anilines is 1. The van der Waals surface area contributed by atoms with Gasteiger partial charge in [0.15, 0.2) is 5.13 Å². The minimum Gasteiger partial charge on any atom is -0.301 e. The Morgan fingerprint density at radius 2 is 2.10 bits per heavy atom. The molecule has 1 aromatic heterocycles. The van der Waals surface area contributed by atoms with Gasteiger partial charge in [0.05, 0.1) is 10.9 Å². The highest BCUT2D eigenvalue weighted by Gasteiger charge is 2.22. The van der Waals surface area contributed by atoms with Gasteiger partial charge in [0, 0.05) is 28.2 Å². The fourth-order valence-corrected chi connectivity index (χ4v) is 5.18. The van der Waals surface area contributed by atoms with Crippen LogP contribution in [-0.2, 0) is 4.79 Å². The molecule has 0 aliphatic carbocycles. The van der Waals surface area contributed by atoms with Crippen LogP contribution in [0.25, 0.3) is 11.3 Å². The number of nitrogens with zero attached hydrogens (tertiary/aromatic N) is 1. The summed E-state index contributed by atoms with van der Waals surface area (Å²) >= 11 is 5.06. The predicted molar refractivity (Wildman–Crippen MR) is 89.8 cm³/mol. The third-order valence-corrected chi connectivity index (χ3v) is 6.42. The van der Waals surface area contributed by atoms with Crippen LogP contribution in [0.4, 0.5) is 5.13 Å². The van der Waals surface area contributed by atoms with Crippen LogP contribution in [0.15, 0.2) is 35.7 Å². The van der Waals surface area contributed by atoms with Gasteiger partial charge < -0.3 is 5.32 Å². The smallest absolute Gasteiger partial charge is 0.240 e. The zero-order valence-corrected chi connectivity index (χ0v) is 13.2. The minimum absolute atomic E-state index is 0.0535. The van der Waals surface area contributed by atoms with E-state index >= 15 is 0 Å². The maximum Gasteiger partial charge on any atom is 0.240 e. The average molecular weight is 322 g/mol. The molecule has 6 heteroatoms. The molecule has 0 bridgehead atoms. The van der Waals surface area contributed by atoms with Crippen LogP contribution in [-0.4, -0.2) is 33.4 Å². The zero-order valence-electron chi connectivity index (χ0n) is 10.7. The summed E-state index contributed by atoms with van der Waals surface area (Å²) in [6.07, 6.45) is 0. The normalized spacial score (nSPS) is 18.7. The lowest BCUT2D eigenvalue weighted by molar-refractivity contribution is -0.115. The third kappa shape index (κ3) is 3.37. The molecule has 2 heterocycles. The summed E-state index contributed by atoms with van der Waals surface area (Å²) in [6.45, 7) is 0. The lowest BCUT2D eigenvalue weighted by Gasteiger charge is -2.19. The van der Waals surface area contributed by atoms with Gasteiger partial charge in [-0.15, -0.1) is 23.1 Å². The molecule has 1 amide bonds. The number of nitrogens with one attached hydrogen (secondary N) is 1. The number of rotatable bonds is 3. The molecule has 2 aromatic rings. The van der Waals surface area contributed by atoms with Crippen LogP contribution in [0.1, 0.15) is 0 Å². The first-order chi connectivity index (χ1) is 9.83. The number of hydrogen-bond acceptors (Lipinski definition) is 5. The summed E-state index contributed by atoms with van der Waals surface area (Å²) in [6, 6.07) is 10.0. The van der Waals surface area contributed by atoms with Gasteiger partial charge in [-0.1, -0.05) is 30.3 Å². The van der Waals surface area contributed by atoms with E-state index in [1.165, 1.54) is 11.3 Å². The lowest BCUT2D eigenvalue weighted by Crippen LogP contribution is -2.30. The highest BCUT2D eigenvalue weighted by atomic mass is 32.2. The summed E-state index contributed by atoms with van der Waals surface area (Å²) in [5, 5.41) is 5.65. The molecule has 3 nitrogen and oxygen atoms in total. The number of thiazole rings is 1. The summed E-state index contributed by atoms with van der Waals surface area (Å²) < 4.78 is 0. The van der Waals surface area contributed by atoms with Crippen molar-refractivity contribution in [1.82, 2.24) is 4.98 Å². The molecule has 104 valence electrons. The second-order valence-corrected chi connectivity index (χ2v) is 7.65. The van der Waals surface area contributed by atoms with Crippen molar-refractivity contribution in [2.45, 2.75) is 5.25 Å². The van der Waals surface area contributed by atoms with Crippen molar-refractivity contribution in [3.05, 3.63) is 35.7 Å². The second kappa shape index (κ2) is 6.65. The minimum atomic E-state index is 0.0535. The van der Waals surface area contributed by atoms with Gasteiger partial charge in [-0.3, -0.25) is 4.79 Å². The van der Waals surface area contributed by atoms with Crippen molar-refractivity contribution in [3.8, 4) is 11.3 Å². The highest BCUT2D eigenvalue weighted by Crippen LogP contribution is 2.27. The van der Waals surface area contributed by atoms with Crippen molar-refractivity contribution in [2.24, 2.45) is 0 Å². The van der Waals surface area contributed by atoms with E-state index in [1.54, 1.807) is 11.8 Å². The molecule has 0 spiro atoms. The van der Waals surface area contributed by atoms with Gasteiger partial charge in [0.1, 0.15) is 0 Å². The molecule has 1 aliphatic rings. The molecule has 1 aliphatic heterocycles. The first-order valence-corrected chi connectivity index (χ1v) is 9.42. The SMILES string of the molecule is O=C(Nc1nc(-c2ccccc2)cs1)C1CSCCS1. The van der Waals surface area contributed by atoms with Gasteiger partial charge in [0.2, 0.25) is 5.91 Å². The van der Waals surface area contributed by atoms with Crippen LogP contribution in [0.5, 0.6) is 0 Å². The monoisotopic (exact) mass is 322 g/mol. The van der Waals surface area contributed by atoms with Gasteiger partial charge >= 0.3 is 0 Å². The Balaban J connectivity index is 1.66. The quantitative estimate of drug-likeness (QED) is 0.937. The number of thioether (sulfide) groups is 2. The highest BCUT2D eigenvalue weighted by molar-refractivity contribution is 8.07. The van der Waals surface area contributed by atoms with Crippen LogP contribution >= 0.6 is 34.9 Å². The number of aromatic nitrogens is 1. The Hall–Kier alpha value is -0.980. The molecule has 1 atom stereocenters. The number of hydrogen-bond donors (Lipinski definition) is 1. The van der Waals surface area contributed by atoms with E-state index in [4.69, 9.17) is 0 Å². The molecule has 20 heavy (non-hydrogen) atoms. The van der Waals surface area contributed by atoms with E-state index in [-0.39, 0.29) is 11.2 Å². The summed E-state index contributed by atoms with van der Waals surface area (Å²) in [5.41, 5.74) is 1.99. The Morgan fingerprint density at radius 1 is 1.25 bits per heavy atom. The number of carbonyl (C=O) groups excluding carboxylic acids is 1. The van der Waals surface area contributed by atoms with E-state index in [0.717, 1.165) is 28.5 Å². The molecule has 3 rings (SSSR count). The summed E-state index contributed by atoms with van der Waals surface area (Å²) in [5.74, 6) is 3.17. The van der Waals surface area contributed by atoms with E-state index in [1.807, 2.05) is 47.5 Å². The van der Waals surface area contributed by atoms with E-state index < -0.39 is 0 Å².